The highest BCUT2D eigenvalue weighted by Gasteiger charge is 2.45. The molecular formula is C49H50F3N5O9. The van der Waals surface area contributed by atoms with Gasteiger partial charge in [-0.25, -0.2) is 24.2 Å². The van der Waals surface area contributed by atoms with Crippen molar-refractivity contribution in [1.82, 2.24) is 19.1 Å². The predicted molar refractivity (Wildman–Crippen MR) is 238 cm³/mol. The number of amides is 1. The molecule has 0 N–H and O–H groups in total. The lowest BCUT2D eigenvalue weighted by molar-refractivity contribution is -0.169. The van der Waals surface area contributed by atoms with Gasteiger partial charge in [0.25, 0.3) is 0 Å². The van der Waals surface area contributed by atoms with E-state index in [1.165, 1.54) is 59.0 Å². The first kappa shape index (κ1) is 46.9. The van der Waals surface area contributed by atoms with Crippen molar-refractivity contribution < 1.29 is 56.1 Å². The Morgan fingerprint density at radius 2 is 1.14 bits per heavy atom. The van der Waals surface area contributed by atoms with Crippen LogP contribution in [0.3, 0.4) is 0 Å². The number of methoxy groups -OCH3 is 2. The number of carbonyl (C=O) groups is 5. The number of hydrogen-bond donors (Lipinski definition) is 0. The molecule has 66 heavy (non-hydrogen) atoms. The van der Waals surface area contributed by atoms with E-state index < -0.39 is 47.3 Å². The Labute approximate surface area is 378 Å². The summed E-state index contributed by atoms with van der Waals surface area (Å²) in [5.41, 5.74) is 3.37. The molecule has 0 radical (unpaired) electrons. The predicted octanol–water partition coefficient (Wildman–Crippen LogP) is 10.8. The Morgan fingerprint density at radius 3 is 1.64 bits per heavy atom. The first-order valence-corrected chi connectivity index (χ1v) is 21.3. The topological polar surface area (TPSA) is 161 Å². The van der Waals surface area contributed by atoms with Crippen molar-refractivity contribution in [3.63, 3.8) is 0 Å². The van der Waals surface area contributed by atoms with E-state index in [-0.39, 0.29) is 23.1 Å². The third-order valence-corrected chi connectivity index (χ3v) is 10.7. The van der Waals surface area contributed by atoms with Crippen molar-refractivity contribution in [2.45, 2.75) is 103 Å². The van der Waals surface area contributed by atoms with Crippen LogP contribution in [0, 0.1) is 0 Å². The number of halogens is 3. The van der Waals surface area contributed by atoms with E-state index in [0.717, 1.165) is 54.8 Å². The summed E-state index contributed by atoms with van der Waals surface area (Å²) in [6.45, 7) is 10.6. The minimum absolute atomic E-state index is 0.158. The summed E-state index contributed by atoms with van der Waals surface area (Å²) in [6, 6.07) is 16.5. The summed E-state index contributed by atoms with van der Waals surface area (Å²) in [5.74, 6) is -3.34. The van der Waals surface area contributed by atoms with Crippen LogP contribution in [0.4, 0.5) is 34.3 Å². The average molecular weight is 910 g/mol. The second kappa shape index (κ2) is 18.1. The second-order valence-corrected chi connectivity index (χ2v) is 18.2. The maximum absolute atomic E-state index is 13.7. The SMILES string of the molecule is COC(=O)c1cc(C2CC2)cnc1Cc1ccc2c(ccn2C(=O)OC(C)(C)C)c1.COC(=O)c1cc(C2CC2)cnc1N(C(=O)C(F)(F)F)c1ccc2c(ccn2C(=O)OC(C)(C)C)c1. The van der Waals surface area contributed by atoms with Crippen molar-refractivity contribution in [2.24, 2.45) is 0 Å². The molecule has 17 heteroatoms. The molecule has 8 rings (SSSR count). The van der Waals surface area contributed by atoms with Gasteiger partial charge in [0.15, 0.2) is 5.82 Å². The van der Waals surface area contributed by atoms with Gasteiger partial charge < -0.3 is 18.9 Å². The van der Waals surface area contributed by atoms with Crippen LogP contribution in [-0.2, 0) is 30.2 Å². The van der Waals surface area contributed by atoms with E-state index in [9.17, 15) is 37.1 Å². The molecule has 0 unspecified atom stereocenters. The van der Waals surface area contributed by atoms with Crippen LogP contribution < -0.4 is 4.90 Å². The molecule has 2 aliphatic carbocycles. The third kappa shape index (κ3) is 10.7. The van der Waals surface area contributed by atoms with Gasteiger partial charge in [-0.1, -0.05) is 6.07 Å². The lowest BCUT2D eigenvalue weighted by atomic mass is 10.0. The van der Waals surface area contributed by atoms with Crippen LogP contribution in [-0.4, -0.2) is 80.7 Å². The molecule has 1 amide bonds. The number of nitrogens with zero attached hydrogens (tertiary/aromatic N) is 5. The Bertz CT molecular complexity index is 2860. The Hall–Kier alpha value is -7.04. The standard InChI is InChI=1S/C25H24F3N3O5.C24H26N2O4/c1-24(2,3)36-23(34)30-10-9-15-11-17(7-8-19(15)30)31(22(33)25(26,27)28)20-18(21(32)35-4)12-16(13-29-20)14-5-6-14;1-24(2,3)30-23(28)26-10-9-17-11-15(5-8-21(17)26)12-20-19(22(27)29-4)13-18(14-25-20)16-6-7-16/h7-14H,5-6H2,1-4H3;5,8-11,13-14,16H,6-7,12H2,1-4H3. The van der Waals surface area contributed by atoms with E-state index in [4.69, 9.17) is 18.9 Å². The zero-order chi connectivity index (χ0) is 47.9. The fraction of sp³-hybridized carbons (Fsp3) is 0.367. The monoisotopic (exact) mass is 909 g/mol. The number of fused-ring (bicyclic) bond motifs is 2. The van der Waals surface area contributed by atoms with E-state index in [1.54, 1.807) is 27.0 Å². The molecule has 2 aliphatic rings. The molecule has 346 valence electrons. The van der Waals surface area contributed by atoms with Crippen LogP contribution in [0.2, 0.25) is 0 Å². The largest absolute Gasteiger partial charge is 0.472 e. The molecule has 2 fully saturated rings. The maximum Gasteiger partial charge on any atom is 0.472 e. The van der Waals surface area contributed by atoms with Gasteiger partial charge in [-0.2, -0.15) is 13.2 Å². The lowest BCUT2D eigenvalue weighted by Crippen LogP contribution is -2.39. The average Bonchev–Trinajstić information content (AvgIpc) is 4.19. The van der Waals surface area contributed by atoms with Gasteiger partial charge in [0.05, 0.1) is 42.2 Å². The summed E-state index contributed by atoms with van der Waals surface area (Å²) in [7, 11) is 2.48. The second-order valence-electron chi connectivity index (χ2n) is 18.2. The number of carbonyl (C=O) groups excluding carboxylic acids is 5. The lowest BCUT2D eigenvalue weighted by Gasteiger charge is -2.25. The Morgan fingerprint density at radius 1 is 0.652 bits per heavy atom. The van der Waals surface area contributed by atoms with Gasteiger partial charge in [0.2, 0.25) is 0 Å². The highest BCUT2D eigenvalue weighted by Crippen LogP contribution is 2.43. The van der Waals surface area contributed by atoms with Gasteiger partial charge in [-0.3, -0.25) is 23.8 Å². The summed E-state index contributed by atoms with van der Waals surface area (Å²) in [5, 5.41) is 1.29. The quantitative estimate of drug-likeness (QED) is 0.106. The molecule has 0 saturated heterocycles. The summed E-state index contributed by atoms with van der Waals surface area (Å²) < 4.78 is 64.3. The number of pyridine rings is 2. The van der Waals surface area contributed by atoms with Gasteiger partial charge in [-0.15, -0.1) is 0 Å². The van der Waals surface area contributed by atoms with Crippen molar-refractivity contribution >= 4 is 63.3 Å². The minimum Gasteiger partial charge on any atom is -0.465 e. The molecule has 2 aromatic carbocycles. The first-order valence-electron chi connectivity index (χ1n) is 21.3. The van der Waals surface area contributed by atoms with Gasteiger partial charge in [-0.05, 0) is 150 Å². The van der Waals surface area contributed by atoms with Crippen LogP contribution >= 0.6 is 0 Å². The fourth-order valence-corrected chi connectivity index (χ4v) is 7.30. The molecule has 0 atom stereocenters. The summed E-state index contributed by atoms with van der Waals surface area (Å²) in [4.78, 5) is 71.4. The fourth-order valence-electron chi connectivity index (χ4n) is 7.30. The van der Waals surface area contributed by atoms with Gasteiger partial charge >= 0.3 is 36.2 Å². The Balaban J connectivity index is 0.000000199. The summed E-state index contributed by atoms with van der Waals surface area (Å²) >= 11 is 0. The zero-order valence-corrected chi connectivity index (χ0v) is 37.8. The smallest absolute Gasteiger partial charge is 0.465 e. The van der Waals surface area contributed by atoms with Crippen molar-refractivity contribution in [1.29, 1.82) is 0 Å². The summed E-state index contributed by atoms with van der Waals surface area (Å²) in [6.07, 6.45) is 4.58. The van der Waals surface area contributed by atoms with Crippen molar-refractivity contribution in [2.75, 3.05) is 19.1 Å². The molecule has 0 spiro atoms. The molecule has 6 aromatic rings. The number of benzene rings is 2. The highest BCUT2D eigenvalue weighted by atomic mass is 19.4. The van der Waals surface area contributed by atoms with E-state index >= 15 is 0 Å². The van der Waals surface area contributed by atoms with Crippen molar-refractivity contribution in [3.05, 3.63) is 119 Å². The highest BCUT2D eigenvalue weighted by molar-refractivity contribution is 6.09. The number of ether oxygens (including phenoxy) is 4. The van der Waals surface area contributed by atoms with Crippen LogP contribution in [0.5, 0.6) is 0 Å². The molecule has 4 heterocycles. The molecule has 14 nitrogen and oxygen atoms in total. The van der Waals surface area contributed by atoms with Gasteiger partial charge in [0, 0.05) is 42.0 Å². The Kier molecular flexibility index (Phi) is 12.9. The molecule has 4 aromatic heterocycles. The van der Waals surface area contributed by atoms with E-state index in [1.807, 2.05) is 57.3 Å². The molecule has 0 bridgehead atoms. The normalized spacial score (nSPS) is 14.0. The molecular weight excluding hydrogens is 860 g/mol. The minimum atomic E-state index is -5.26. The number of anilines is 2. The molecule has 0 aliphatic heterocycles. The number of aromatic nitrogens is 4. The van der Waals surface area contributed by atoms with Crippen molar-refractivity contribution in [3.8, 4) is 0 Å². The van der Waals surface area contributed by atoms with E-state index in [0.29, 0.717) is 45.0 Å². The molecule has 2 saturated carbocycles. The van der Waals surface area contributed by atoms with Crippen LogP contribution in [0.1, 0.15) is 122 Å². The number of alkyl halides is 3. The van der Waals surface area contributed by atoms with Gasteiger partial charge in [0.1, 0.15) is 16.8 Å². The number of esters is 2. The zero-order valence-electron chi connectivity index (χ0n) is 37.8. The first-order chi connectivity index (χ1) is 31.0. The number of hydrogen-bond acceptors (Lipinski definition) is 11. The maximum atomic E-state index is 13.7. The van der Waals surface area contributed by atoms with Crippen LogP contribution in [0.15, 0.2) is 85.5 Å². The number of rotatable bonds is 8. The third-order valence-electron chi connectivity index (χ3n) is 10.7. The van der Waals surface area contributed by atoms with Crippen LogP contribution in [0.25, 0.3) is 21.8 Å². The van der Waals surface area contributed by atoms with E-state index in [2.05, 4.69) is 9.97 Å².